The van der Waals surface area contributed by atoms with Gasteiger partial charge in [-0.1, -0.05) is 0 Å². The minimum Gasteiger partial charge on any atom is -0.495 e. The van der Waals surface area contributed by atoms with Crippen molar-refractivity contribution in [2.75, 3.05) is 17.7 Å². The number of fused-ring (bicyclic) bond motifs is 1. The number of carbonyl (C=O) groups is 2. The van der Waals surface area contributed by atoms with E-state index in [2.05, 4.69) is 15.6 Å². The molecule has 0 spiro atoms. The second kappa shape index (κ2) is 8.44. The van der Waals surface area contributed by atoms with Gasteiger partial charge in [0.25, 0.3) is 5.56 Å². The van der Waals surface area contributed by atoms with Gasteiger partial charge in [0.2, 0.25) is 11.8 Å². The van der Waals surface area contributed by atoms with E-state index in [9.17, 15) is 14.4 Å². The van der Waals surface area contributed by atoms with Crippen LogP contribution in [0, 0.1) is 13.8 Å². The van der Waals surface area contributed by atoms with Crippen LogP contribution in [0.3, 0.4) is 0 Å². The van der Waals surface area contributed by atoms with Crippen molar-refractivity contribution >= 4 is 44.7 Å². The molecule has 2 aromatic heterocycles. The van der Waals surface area contributed by atoms with Crippen molar-refractivity contribution in [3.8, 4) is 5.75 Å². The van der Waals surface area contributed by atoms with Gasteiger partial charge >= 0.3 is 0 Å². The number of anilines is 2. The molecule has 2 heterocycles. The maximum absolute atomic E-state index is 12.7. The maximum Gasteiger partial charge on any atom is 0.262 e. The number of benzene rings is 1. The van der Waals surface area contributed by atoms with Crippen LogP contribution in [0.5, 0.6) is 5.75 Å². The molecule has 9 heteroatoms. The van der Waals surface area contributed by atoms with Crippen LogP contribution in [0.4, 0.5) is 11.4 Å². The molecule has 8 nitrogen and oxygen atoms in total. The average molecular weight is 414 g/mol. The lowest BCUT2D eigenvalue weighted by Gasteiger charge is -2.12. The fraction of sp³-hybridized carbons (Fsp3) is 0.300. The molecule has 0 bridgehead atoms. The van der Waals surface area contributed by atoms with E-state index in [1.807, 2.05) is 13.8 Å². The Labute approximate surface area is 171 Å². The summed E-state index contributed by atoms with van der Waals surface area (Å²) in [4.78, 5) is 42.5. The summed E-state index contributed by atoms with van der Waals surface area (Å²) in [6.07, 6.45) is 1.56. The molecule has 2 N–H and O–H groups in total. The molecule has 152 valence electrons. The molecule has 0 radical (unpaired) electrons. The predicted octanol–water partition coefficient (Wildman–Crippen LogP) is 3.07. The van der Waals surface area contributed by atoms with Crippen molar-refractivity contribution in [2.24, 2.45) is 0 Å². The Balaban J connectivity index is 1.74. The number of thiophene rings is 1. The lowest BCUT2D eigenvalue weighted by Crippen LogP contribution is -2.23. The third kappa shape index (κ3) is 4.45. The van der Waals surface area contributed by atoms with Crippen LogP contribution in [-0.2, 0) is 16.1 Å². The van der Waals surface area contributed by atoms with E-state index in [1.54, 1.807) is 18.2 Å². The van der Waals surface area contributed by atoms with Crippen LogP contribution in [-0.4, -0.2) is 28.5 Å². The van der Waals surface area contributed by atoms with Gasteiger partial charge in [-0.25, -0.2) is 4.98 Å². The summed E-state index contributed by atoms with van der Waals surface area (Å²) < 4.78 is 6.71. The smallest absolute Gasteiger partial charge is 0.262 e. The Kier molecular flexibility index (Phi) is 5.97. The summed E-state index contributed by atoms with van der Waals surface area (Å²) in [7, 11) is 1.49. The molecule has 29 heavy (non-hydrogen) atoms. The molecule has 3 aromatic rings. The largest absolute Gasteiger partial charge is 0.495 e. The highest BCUT2D eigenvalue weighted by Crippen LogP contribution is 2.28. The van der Waals surface area contributed by atoms with Gasteiger partial charge in [0.1, 0.15) is 10.6 Å². The summed E-state index contributed by atoms with van der Waals surface area (Å²) >= 11 is 1.49. The monoisotopic (exact) mass is 414 g/mol. The predicted molar refractivity (Wildman–Crippen MR) is 114 cm³/mol. The summed E-state index contributed by atoms with van der Waals surface area (Å²) in [6, 6.07) is 4.96. The van der Waals surface area contributed by atoms with Gasteiger partial charge in [-0.15, -0.1) is 11.3 Å². The fourth-order valence-corrected chi connectivity index (χ4v) is 3.94. The second-order valence-electron chi connectivity index (χ2n) is 6.60. The highest BCUT2D eigenvalue weighted by Gasteiger charge is 2.14. The molecular formula is C20H22N4O4S. The number of nitrogens with zero attached hydrogens (tertiary/aromatic N) is 2. The van der Waals surface area contributed by atoms with Crippen LogP contribution in [0.2, 0.25) is 0 Å². The van der Waals surface area contributed by atoms with Crippen molar-refractivity contribution in [1.82, 2.24) is 9.55 Å². The Morgan fingerprint density at radius 2 is 2.00 bits per heavy atom. The van der Waals surface area contributed by atoms with Gasteiger partial charge in [-0.3, -0.25) is 19.0 Å². The first-order valence-corrected chi connectivity index (χ1v) is 9.82. The number of hydrogen-bond acceptors (Lipinski definition) is 6. The van der Waals surface area contributed by atoms with E-state index in [-0.39, 0.29) is 30.3 Å². The molecule has 0 atom stereocenters. The molecular weight excluding hydrogens is 392 g/mol. The quantitative estimate of drug-likeness (QED) is 0.645. The van der Waals surface area contributed by atoms with Gasteiger partial charge in [-0.05, 0) is 37.6 Å². The van der Waals surface area contributed by atoms with Gasteiger partial charge in [0.05, 0.1) is 24.5 Å². The van der Waals surface area contributed by atoms with Gasteiger partial charge in [0, 0.05) is 30.5 Å². The lowest BCUT2D eigenvalue weighted by atomic mass is 10.2. The molecule has 1 aromatic carbocycles. The van der Waals surface area contributed by atoms with Crippen LogP contribution in [0.15, 0.2) is 29.3 Å². The molecule has 2 amide bonds. The summed E-state index contributed by atoms with van der Waals surface area (Å²) in [5.41, 5.74) is 1.77. The molecule has 0 aliphatic carbocycles. The number of hydrogen-bond donors (Lipinski definition) is 2. The minimum absolute atomic E-state index is 0.0861. The van der Waals surface area contributed by atoms with E-state index < -0.39 is 0 Å². The number of methoxy groups -OCH3 is 1. The van der Waals surface area contributed by atoms with Crippen molar-refractivity contribution in [2.45, 2.75) is 33.7 Å². The third-order valence-corrected chi connectivity index (χ3v) is 5.64. The van der Waals surface area contributed by atoms with Crippen molar-refractivity contribution in [1.29, 1.82) is 0 Å². The normalized spacial score (nSPS) is 10.8. The number of amides is 2. The number of rotatable bonds is 6. The van der Waals surface area contributed by atoms with E-state index in [0.717, 1.165) is 10.4 Å². The Morgan fingerprint density at radius 1 is 1.24 bits per heavy atom. The standard InChI is InChI=1S/C20H22N4O4S/c1-11-12(2)29-19-18(11)20(27)24(10-21-19)8-7-17(26)23-15-9-14(22-13(3)25)5-6-16(15)28-4/h5-6,9-10H,7-8H2,1-4H3,(H,22,25)(H,23,26). The van der Waals surface area contributed by atoms with E-state index in [1.165, 1.54) is 36.3 Å². The Bertz CT molecular complexity index is 1150. The number of nitrogens with one attached hydrogen (secondary N) is 2. The van der Waals surface area contributed by atoms with Gasteiger partial charge in [-0.2, -0.15) is 0 Å². The van der Waals surface area contributed by atoms with E-state index >= 15 is 0 Å². The number of aromatic nitrogens is 2. The molecule has 0 unspecified atom stereocenters. The number of aryl methyl sites for hydroxylation is 3. The van der Waals surface area contributed by atoms with Crippen LogP contribution >= 0.6 is 11.3 Å². The fourth-order valence-electron chi connectivity index (χ4n) is 2.95. The zero-order valence-corrected chi connectivity index (χ0v) is 17.5. The van der Waals surface area contributed by atoms with Crippen molar-refractivity contribution in [3.05, 3.63) is 45.3 Å². The maximum atomic E-state index is 12.7. The molecule has 3 rings (SSSR count). The molecule has 0 fully saturated rings. The zero-order chi connectivity index (χ0) is 21.1. The SMILES string of the molecule is COc1ccc(NC(C)=O)cc1NC(=O)CCn1cnc2sc(C)c(C)c2c1=O. The Morgan fingerprint density at radius 3 is 2.69 bits per heavy atom. The molecule has 0 saturated carbocycles. The first kappa shape index (κ1) is 20.5. The second-order valence-corrected chi connectivity index (χ2v) is 7.80. The summed E-state index contributed by atoms with van der Waals surface area (Å²) in [5.74, 6) is -0.0285. The van der Waals surface area contributed by atoms with E-state index in [0.29, 0.717) is 27.3 Å². The first-order chi connectivity index (χ1) is 13.8. The van der Waals surface area contributed by atoms with Gasteiger partial charge in [0.15, 0.2) is 0 Å². The van der Waals surface area contributed by atoms with E-state index in [4.69, 9.17) is 4.74 Å². The number of carbonyl (C=O) groups excluding carboxylic acids is 2. The third-order valence-electron chi connectivity index (χ3n) is 4.53. The van der Waals surface area contributed by atoms with Crippen LogP contribution < -0.4 is 20.9 Å². The topological polar surface area (TPSA) is 102 Å². The number of ether oxygens (including phenoxy) is 1. The summed E-state index contributed by atoms with van der Waals surface area (Å²) in [5, 5.41) is 6.04. The highest BCUT2D eigenvalue weighted by atomic mass is 32.1. The highest BCUT2D eigenvalue weighted by molar-refractivity contribution is 7.18. The lowest BCUT2D eigenvalue weighted by molar-refractivity contribution is -0.116. The molecule has 0 saturated heterocycles. The van der Waals surface area contributed by atoms with Crippen molar-refractivity contribution in [3.63, 3.8) is 0 Å². The zero-order valence-electron chi connectivity index (χ0n) is 16.7. The van der Waals surface area contributed by atoms with Crippen LogP contribution in [0.1, 0.15) is 23.8 Å². The van der Waals surface area contributed by atoms with Crippen molar-refractivity contribution < 1.29 is 14.3 Å². The Hall–Kier alpha value is -3.20. The minimum atomic E-state index is -0.284. The van der Waals surface area contributed by atoms with Crippen LogP contribution in [0.25, 0.3) is 10.2 Å². The molecule has 0 aliphatic heterocycles. The average Bonchev–Trinajstić information content (AvgIpc) is 2.95. The summed E-state index contributed by atoms with van der Waals surface area (Å²) in [6.45, 7) is 5.47. The molecule has 0 aliphatic rings. The van der Waals surface area contributed by atoms with Gasteiger partial charge < -0.3 is 15.4 Å². The first-order valence-electron chi connectivity index (χ1n) is 9.00.